The molecule has 3 rings (SSSR count). The summed E-state index contributed by atoms with van der Waals surface area (Å²) < 4.78 is 0. The first-order valence-corrected chi connectivity index (χ1v) is 7.29. The number of nitrogens with two attached hydrogens (primary N) is 1. The summed E-state index contributed by atoms with van der Waals surface area (Å²) in [6, 6.07) is 6.34. The van der Waals surface area contributed by atoms with Crippen LogP contribution in [0.4, 0.5) is 0 Å². The fourth-order valence-electron chi connectivity index (χ4n) is 2.32. The largest absolute Gasteiger partial charge is 0.366 e. The Morgan fingerprint density at radius 2 is 1.58 bits per heavy atom. The predicted octanol–water partition coefficient (Wildman–Crippen LogP) is 1.07. The lowest BCUT2D eigenvalue weighted by atomic mass is 10.1. The highest BCUT2D eigenvalue weighted by Gasteiger charge is 2.19. The van der Waals surface area contributed by atoms with Crippen molar-refractivity contribution in [1.82, 2.24) is 24.8 Å². The van der Waals surface area contributed by atoms with Crippen molar-refractivity contribution in [2.75, 3.05) is 0 Å². The zero-order valence-corrected chi connectivity index (χ0v) is 12.8. The van der Waals surface area contributed by atoms with E-state index in [0.717, 1.165) is 0 Å². The number of primary amides is 1. The number of carbonyl (C=O) groups is 2. The normalized spacial score (nSPS) is 10.5. The summed E-state index contributed by atoms with van der Waals surface area (Å²) in [7, 11) is 0. The smallest absolute Gasteiger partial charge is 0.254 e. The molecule has 2 heterocycles. The van der Waals surface area contributed by atoms with Crippen LogP contribution >= 0.6 is 0 Å². The second-order valence-corrected chi connectivity index (χ2v) is 5.18. The molecule has 24 heavy (non-hydrogen) atoms. The summed E-state index contributed by atoms with van der Waals surface area (Å²) in [5.74, 6) is 0.487. The van der Waals surface area contributed by atoms with E-state index in [1.165, 1.54) is 6.07 Å². The van der Waals surface area contributed by atoms with E-state index in [1.54, 1.807) is 47.9 Å². The molecule has 122 valence electrons. The molecule has 3 aromatic rings. The van der Waals surface area contributed by atoms with E-state index in [1.807, 2.05) is 0 Å². The number of hydrogen-bond donors (Lipinski definition) is 3. The number of H-pyrrole nitrogens is 2. The van der Waals surface area contributed by atoms with Gasteiger partial charge in [-0.2, -0.15) is 0 Å². The Morgan fingerprint density at radius 1 is 1.00 bits per heavy atom. The third-order valence-corrected chi connectivity index (χ3v) is 3.47. The molecule has 0 saturated heterocycles. The van der Waals surface area contributed by atoms with Crippen LogP contribution in [0, 0.1) is 0 Å². The number of nitrogens with one attached hydrogen (secondary N) is 2. The molecule has 0 radical (unpaired) electrons. The Kier molecular flexibility index (Phi) is 4.37. The van der Waals surface area contributed by atoms with Gasteiger partial charge in [0.1, 0.15) is 11.6 Å². The maximum atomic E-state index is 12.9. The van der Waals surface area contributed by atoms with E-state index in [-0.39, 0.29) is 24.6 Å². The van der Waals surface area contributed by atoms with Crippen molar-refractivity contribution in [2.45, 2.75) is 13.1 Å². The first kappa shape index (κ1) is 15.5. The quantitative estimate of drug-likeness (QED) is 0.628. The second-order valence-electron chi connectivity index (χ2n) is 5.18. The molecule has 0 unspecified atom stereocenters. The van der Waals surface area contributed by atoms with E-state index < -0.39 is 5.91 Å². The van der Waals surface area contributed by atoms with Crippen LogP contribution in [0.5, 0.6) is 0 Å². The third kappa shape index (κ3) is 3.49. The van der Waals surface area contributed by atoms with Crippen molar-refractivity contribution in [1.29, 1.82) is 0 Å². The van der Waals surface area contributed by atoms with Crippen molar-refractivity contribution in [3.63, 3.8) is 0 Å². The summed E-state index contributed by atoms with van der Waals surface area (Å²) in [5.41, 5.74) is 5.95. The average molecular weight is 324 g/mol. The van der Waals surface area contributed by atoms with E-state index in [9.17, 15) is 9.59 Å². The van der Waals surface area contributed by atoms with Crippen LogP contribution in [0.25, 0.3) is 0 Å². The summed E-state index contributed by atoms with van der Waals surface area (Å²) in [4.78, 5) is 40.0. The van der Waals surface area contributed by atoms with Gasteiger partial charge in [-0.05, 0) is 18.2 Å². The van der Waals surface area contributed by atoms with Gasteiger partial charge in [0.2, 0.25) is 5.91 Å². The third-order valence-electron chi connectivity index (χ3n) is 3.47. The number of benzene rings is 1. The Morgan fingerprint density at radius 3 is 2.08 bits per heavy atom. The van der Waals surface area contributed by atoms with Crippen LogP contribution in [-0.4, -0.2) is 36.7 Å². The standard InChI is InChI=1S/C16H16N6O2/c17-15(23)11-2-1-3-12(8-11)16(24)22(9-13-18-4-5-19-13)10-14-20-6-7-21-14/h1-8H,9-10H2,(H2,17,23)(H,18,19)(H,20,21). The van der Waals surface area contributed by atoms with Crippen LogP contribution in [-0.2, 0) is 13.1 Å². The van der Waals surface area contributed by atoms with Crippen molar-refractivity contribution < 1.29 is 9.59 Å². The Bertz CT molecular complexity index is 790. The van der Waals surface area contributed by atoms with Gasteiger partial charge in [0.05, 0.1) is 13.1 Å². The minimum Gasteiger partial charge on any atom is -0.366 e. The van der Waals surface area contributed by atoms with Crippen LogP contribution < -0.4 is 5.73 Å². The number of rotatable bonds is 6. The molecule has 4 N–H and O–H groups in total. The second kappa shape index (κ2) is 6.78. The zero-order valence-electron chi connectivity index (χ0n) is 12.8. The van der Waals surface area contributed by atoms with E-state index in [2.05, 4.69) is 19.9 Å². The number of aromatic amines is 2. The molecule has 2 amide bonds. The lowest BCUT2D eigenvalue weighted by Gasteiger charge is -2.21. The molecule has 0 atom stereocenters. The van der Waals surface area contributed by atoms with Crippen molar-refractivity contribution in [3.05, 3.63) is 71.8 Å². The fourth-order valence-corrected chi connectivity index (χ4v) is 2.32. The molecular weight excluding hydrogens is 308 g/mol. The highest BCUT2D eigenvalue weighted by Crippen LogP contribution is 2.12. The van der Waals surface area contributed by atoms with Crippen LogP contribution in [0.15, 0.2) is 49.1 Å². The SMILES string of the molecule is NC(=O)c1cccc(C(=O)N(Cc2ncc[nH]2)Cc2ncc[nH]2)c1. The molecule has 8 nitrogen and oxygen atoms in total. The first-order valence-electron chi connectivity index (χ1n) is 7.29. The maximum absolute atomic E-state index is 12.9. The maximum Gasteiger partial charge on any atom is 0.254 e. The van der Waals surface area contributed by atoms with Gasteiger partial charge in [0, 0.05) is 35.9 Å². The molecule has 0 saturated carbocycles. The summed E-state index contributed by atoms with van der Waals surface area (Å²) >= 11 is 0. The molecule has 0 aliphatic rings. The van der Waals surface area contributed by atoms with Crippen molar-refractivity contribution >= 4 is 11.8 Å². The van der Waals surface area contributed by atoms with Gasteiger partial charge in [-0.15, -0.1) is 0 Å². The molecule has 0 aliphatic carbocycles. The molecule has 2 aromatic heterocycles. The van der Waals surface area contributed by atoms with Crippen LogP contribution in [0.1, 0.15) is 32.4 Å². The van der Waals surface area contributed by atoms with Gasteiger partial charge in [-0.25, -0.2) is 9.97 Å². The van der Waals surface area contributed by atoms with Crippen molar-refractivity contribution in [2.24, 2.45) is 5.73 Å². The minimum absolute atomic E-state index is 0.245. The molecule has 1 aromatic carbocycles. The van der Waals surface area contributed by atoms with Gasteiger partial charge in [0.25, 0.3) is 5.91 Å². The Balaban J connectivity index is 1.87. The first-order chi connectivity index (χ1) is 11.6. The molecule has 0 spiro atoms. The van der Waals surface area contributed by atoms with Gasteiger partial charge >= 0.3 is 0 Å². The monoisotopic (exact) mass is 324 g/mol. The number of hydrogen-bond acceptors (Lipinski definition) is 4. The van der Waals surface area contributed by atoms with Gasteiger partial charge < -0.3 is 20.6 Å². The number of amides is 2. The lowest BCUT2D eigenvalue weighted by Crippen LogP contribution is -2.31. The lowest BCUT2D eigenvalue weighted by molar-refractivity contribution is 0.0721. The number of aromatic nitrogens is 4. The van der Waals surface area contributed by atoms with Crippen LogP contribution in [0.2, 0.25) is 0 Å². The average Bonchev–Trinajstić information content (AvgIpc) is 3.27. The predicted molar refractivity (Wildman–Crippen MR) is 85.7 cm³/mol. The highest BCUT2D eigenvalue weighted by molar-refractivity contribution is 5.99. The minimum atomic E-state index is -0.576. The molecular formula is C16H16N6O2. The van der Waals surface area contributed by atoms with Crippen molar-refractivity contribution in [3.8, 4) is 0 Å². The summed E-state index contributed by atoms with van der Waals surface area (Å²) in [5, 5.41) is 0. The molecule has 0 aliphatic heterocycles. The van der Waals surface area contributed by atoms with E-state index in [4.69, 9.17) is 5.73 Å². The zero-order chi connectivity index (χ0) is 16.9. The van der Waals surface area contributed by atoms with E-state index >= 15 is 0 Å². The number of imidazole rings is 2. The van der Waals surface area contributed by atoms with Crippen LogP contribution in [0.3, 0.4) is 0 Å². The molecule has 0 bridgehead atoms. The van der Waals surface area contributed by atoms with Gasteiger partial charge in [-0.3, -0.25) is 9.59 Å². The highest BCUT2D eigenvalue weighted by atomic mass is 16.2. The summed E-state index contributed by atoms with van der Waals surface area (Å²) in [6.45, 7) is 0.570. The van der Waals surface area contributed by atoms with E-state index in [0.29, 0.717) is 17.2 Å². The fraction of sp³-hybridized carbons (Fsp3) is 0.125. The topological polar surface area (TPSA) is 121 Å². The molecule has 8 heteroatoms. The molecule has 0 fully saturated rings. The van der Waals surface area contributed by atoms with Gasteiger partial charge in [0.15, 0.2) is 0 Å². The van der Waals surface area contributed by atoms with Gasteiger partial charge in [-0.1, -0.05) is 6.07 Å². The Labute approximate surface area is 137 Å². The number of carbonyl (C=O) groups excluding carboxylic acids is 2. The Hall–Kier alpha value is -3.42. The summed E-state index contributed by atoms with van der Waals surface area (Å²) in [6.07, 6.45) is 6.63. The number of nitrogens with zero attached hydrogens (tertiary/aromatic N) is 3.